The van der Waals surface area contributed by atoms with Crippen molar-refractivity contribution in [1.29, 1.82) is 0 Å². The van der Waals surface area contributed by atoms with Gasteiger partial charge in [-0.1, -0.05) is 30.4 Å². The van der Waals surface area contributed by atoms with Crippen LogP contribution in [0.3, 0.4) is 0 Å². The minimum atomic E-state index is -0.452. The normalized spacial score (nSPS) is 44.8. The Balaban J connectivity index is 1.50. The number of carbonyl (C=O) groups is 2. The average Bonchev–Trinajstić information content (AvgIpc) is 3.42. The van der Waals surface area contributed by atoms with Gasteiger partial charge >= 0.3 is 0 Å². The fourth-order valence-corrected chi connectivity index (χ4v) is 6.75. The van der Waals surface area contributed by atoms with Crippen molar-refractivity contribution in [1.82, 2.24) is 0 Å². The molecule has 0 radical (unpaired) electrons. The summed E-state index contributed by atoms with van der Waals surface area (Å²) < 4.78 is 12.9. The molecular weight excluding hydrogens is 342 g/mol. The largest absolute Gasteiger partial charge is 0.371 e. The highest BCUT2D eigenvalue weighted by molar-refractivity contribution is 6.22. The van der Waals surface area contributed by atoms with E-state index in [9.17, 15) is 9.59 Å². The molecule has 0 aromatic heterocycles. The van der Waals surface area contributed by atoms with Crippen molar-refractivity contribution in [3.05, 3.63) is 42.5 Å². The van der Waals surface area contributed by atoms with Crippen molar-refractivity contribution in [3.8, 4) is 0 Å². The van der Waals surface area contributed by atoms with Gasteiger partial charge in [-0.2, -0.15) is 0 Å². The van der Waals surface area contributed by atoms with Crippen molar-refractivity contribution in [2.45, 2.75) is 36.9 Å². The second-order valence-corrected chi connectivity index (χ2v) is 8.52. The Labute approximate surface area is 158 Å². The maximum absolute atomic E-state index is 13.5. The van der Waals surface area contributed by atoms with Crippen LogP contribution >= 0.6 is 0 Å². The van der Waals surface area contributed by atoms with Crippen LogP contribution in [-0.4, -0.2) is 36.2 Å². The van der Waals surface area contributed by atoms with E-state index in [2.05, 4.69) is 12.2 Å². The Morgan fingerprint density at radius 2 is 1.33 bits per heavy atom. The van der Waals surface area contributed by atoms with Crippen molar-refractivity contribution < 1.29 is 19.1 Å². The van der Waals surface area contributed by atoms with Crippen molar-refractivity contribution in [2.75, 3.05) is 18.1 Å². The number of hydrogen-bond donors (Lipinski definition) is 0. The molecule has 2 spiro atoms. The van der Waals surface area contributed by atoms with Gasteiger partial charge in [-0.05, 0) is 37.8 Å². The van der Waals surface area contributed by atoms with Crippen molar-refractivity contribution in [3.63, 3.8) is 0 Å². The molecule has 6 unspecified atom stereocenters. The minimum absolute atomic E-state index is 0.0710. The summed E-state index contributed by atoms with van der Waals surface area (Å²) in [6.45, 7) is 1.42. The van der Waals surface area contributed by atoms with E-state index >= 15 is 0 Å². The summed E-state index contributed by atoms with van der Waals surface area (Å²) in [4.78, 5) is 28.3. The van der Waals surface area contributed by atoms with Crippen LogP contribution in [0, 0.1) is 23.7 Å². The van der Waals surface area contributed by atoms with E-state index in [-0.39, 0.29) is 35.5 Å². The third-order valence-corrected chi connectivity index (χ3v) is 7.61. The summed E-state index contributed by atoms with van der Waals surface area (Å²) in [6, 6.07) is 9.32. The second-order valence-electron chi connectivity index (χ2n) is 8.52. The Morgan fingerprint density at radius 3 is 1.78 bits per heavy atom. The highest BCUT2D eigenvalue weighted by Crippen LogP contribution is 2.66. The molecule has 3 saturated heterocycles. The van der Waals surface area contributed by atoms with Crippen LogP contribution < -0.4 is 4.90 Å². The van der Waals surface area contributed by atoms with Crippen LogP contribution in [0.4, 0.5) is 5.69 Å². The molecule has 3 aliphatic heterocycles. The molecule has 1 saturated carbocycles. The molecule has 0 N–H and O–H groups in total. The number of carbonyl (C=O) groups excluding carboxylic acids is 2. The number of rotatable bonds is 1. The molecule has 5 heteroatoms. The molecule has 2 amide bonds. The van der Waals surface area contributed by atoms with Crippen LogP contribution in [0.2, 0.25) is 0 Å². The Kier molecular flexibility index (Phi) is 3.14. The SMILES string of the molecule is O=C1C2C(C(=O)N1c1ccccc1)C1C=CC2C2(CCCO2)C12CCCO2. The molecule has 6 atom stereocenters. The summed E-state index contributed by atoms with van der Waals surface area (Å²) in [7, 11) is 0. The lowest BCUT2D eigenvalue weighted by molar-refractivity contribution is -0.247. The monoisotopic (exact) mass is 365 g/mol. The van der Waals surface area contributed by atoms with Gasteiger partial charge in [0.05, 0.1) is 17.5 Å². The standard InChI is InChI=1S/C22H23NO4/c24-19-17-15-8-9-16(18(17)20(25)23(19)14-6-2-1-3-7-14)22(11-5-13-27-22)21(15)10-4-12-26-21/h1-3,6-9,15-18H,4-5,10-13H2. The fourth-order valence-electron chi connectivity index (χ4n) is 6.75. The molecule has 7 rings (SSSR count). The van der Waals surface area contributed by atoms with E-state index < -0.39 is 11.2 Å². The molecule has 4 fully saturated rings. The average molecular weight is 365 g/mol. The van der Waals surface area contributed by atoms with Crippen molar-refractivity contribution in [2.24, 2.45) is 23.7 Å². The molecule has 3 heterocycles. The molecule has 6 aliphatic rings. The lowest BCUT2D eigenvalue weighted by Gasteiger charge is -2.61. The predicted octanol–water partition coefficient (Wildman–Crippen LogP) is 2.71. The van der Waals surface area contributed by atoms with Gasteiger partial charge in [-0.25, -0.2) is 0 Å². The van der Waals surface area contributed by atoms with E-state index in [1.54, 1.807) is 0 Å². The van der Waals surface area contributed by atoms with Gasteiger partial charge in [0.2, 0.25) is 11.8 Å². The zero-order valence-corrected chi connectivity index (χ0v) is 15.2. The number of amides is 2. The van der Waals surface area contributed by atoms with Gasteiger partial charge in [-0.15, -0.1) is 0 Å². The molecule has 27 heavy (non-hydrogen) atoms. The lowest BCUT2D eigenvalue weighted by atomic mass is 9.48. The van der Waals surface area contributed by atoms with Gasteiger partial charge in [0, 0.05) is 25.0 Å². The van der Waals surface area contributed by atoms with E-state index in [0.29, 0.717) is 18.9 Å². The van der Waals surface area contributed by atoms with Crippen LogP contribution in [0.5, 0.6) is 0 Å². The summed E-state index contributed by atoms with van der Waals surface area (Å²) in [6.07, 6.45) is 8.12. The van der Waals surface area contributed by atoms with Gasteiger partial charge in [-0.3, -0.25) is 14.5 Å². The zero-order valence-electron chi connectivity index (χ0n) is 15.2. The Hall–Kier alpha value is -1.98. The van der Waals surface area contributed by atoms with E-state index in [4.69, 9.17) is 9.47 Å². The number of benzene rings is 1. The number of ether oxygens (including phenoxy) is 2. The first-order chi connectivity index (χ1) is 13.2. The van der Waals surface area contributed by atoms with E-state index in [1.807, 2.05) is 30.3 Å². The molecule has 1 aromatic carbocycles. The van der Waals surface area contributed by atoms with Gasteiger partial charge in [0.25, 0.3) is 0 Å². The fraction of sp³-hybridized carbons (Fsp3) is 0.545. The van der Waals surface area contributed by atoms with Crippen LogP contribution in [0.15, 0.2) is 42.5 Å². The number of nitrogens with zero attached hydrogens (tertiary/aromatic N) is 1. The smallest absolute Gasteiger partial charge is 0.238 e. The summed E-state index contributed by atoms with van der Waals surface area (Å²) in [5.74, 6) is -0.977. The molecular formula is C22H23NO4. The van der Waals surface area contributed by atoms with Crippen molar-refractivity contribution >= 4 is 17.5 Å². The first-order valence-electron chi connectivity index (χ1n) is 10.1. The highest BCUT2D eigenvalue weighted by atomic mass is 16.6. The minimum Gasteiger partial charge on any atom is -0.371 e. The highest BCUT2D eigenvalue weighted by Gasteiger charge is 2.75. The van der Waals surface area contributed by atoms with Crippen LogP contribution in [-0.2, 0) is 19.1 Å². The van der Waals surface area contributed by atoms with Gasteiger partial charge in [0.1, 0.15) is 11.2 Å². The number of hydrogen-bond acceptors (Lipinski definition) is 4. The number of para-hydroxylation sites is 1. The lowest BCUT2D eigenvalue weighted by Crippen LogP contribution is -2.71. The third-order valence-electron chi connectivity index (χ3n) is 7.61. The molecule has 140 valence electrons. The molecule has 5 nitrogen and oxygen atoms in total. The predicted molar refractivity (Wildman–Crippen MR) is 97.9 cm³/mol. The van der Waals surface area contributed by atoms with Gasteiger partial charge in [0.15, 0.2) is 0 Å². The van der Waals surface area contributed by atoms with Crippen LogP contribution in [0.25, 0.3) is 0 Å². The zero-order chi connectivity index (χ0) is 18.2. The third kappa shape index (κ3) is 1.73. The summed E-state index contributed by atoms with van der Waals surface area (Å²) in [5.41, 5.74) is -0.233. The van der Waals surface area contributed by atoms with E-state index in [1.165, 1.54) is 4.90 Å². The Morgan fingerprint density at radius 1 is 0.815 bits per heavy atom. The van der Waals surface area contributed by atoms with E-state index in [0.717, 1.165) is 25.7 Å². The summed E-state index contributed by atoms with van der Waals surface area (Å²) in [5, 5.41) is 0. The quantitative estimate of drug-likeness (QED) is 0.567. The first-order valence-corrected chi connectivity index (χ1v) is 10.1. The first kappa shape index (κ1) is 16.0. The molecule has 2 bridgehead atoms. The Bertz CT molecular complexity index is 785. The van der Waals surface area contributed by atoms with Gasteiger partial charge < -0.3 is 9.47 Å². The molecule has 1 aromatic rings. The maximum atomic E-state index is 13.5. The number of imide groups is 1. The summed E-state index contributed by atoms with van der Waals surface area (Å²) >= 11 is 0. The number of anilines is 1. The topological polar surface area (TPSA) is 55.8 Å². The van der Waals surface area contributed by atoms with Crippen LogP contribution in [0.1, 0.15) is 25.7 Å². The molecule has 3 aliphatic carbocycles. The second kappa shape index (κ2) is 5.30. The maximum Gasteiger partial charge on any atom is 0.238 e.